The van der Waals surface area contributed by atoms with Gasteiger partial charge in [0.05, 0.1) is 0 Å². The highest BCUT2D eigenvalue weighted by Gasteiger charge is 1.93. The molecule has 0 fully saturated rings. The van der Waals surface area contributed by atoms with Gasteiger partial charge in [0, 0.05) is 0 Å². The van der Waals surface area contributed by atoms with E-state index in [-0.39, 0.29) is 0 Å². The monoisotopic (exact) mass is 264 g/mol. The summed E-state index contributed by atoms with van der Waals surface area (Å²) in [5.41, 5.74) is 1.32. The molecule has 0 amide bonds. The van der Waals surface area contributed by atoms with E-state index in [4.69, 9.17) is 0 Å². The molecule has 0 bridgehead atoms. The molecule has 0 unspecified atom stereocenters. The fourth-order valence-corrected chi connectivity index (χ4v) is 2.33. The van der Waals surface area contributed by atoms with Crippen LogP contribution in [0.3, 0.4) is 0 Å². The molecule has 0 saturated heterocycles. The van der Waals surface area contributed by atoms with Crippen molar-refractivity contribution in [3.63, 3.8) is 0 Å². The minimum absolute atomic E-state index is 1.19. The lowest BCUT2D eigenvalue weighted by atomic mass is 10.0. The Bertz CT molecular complexity index is 212. The average Bonchev–Trinajstić information content (AvgIpc) is 2.41. The van der Waals surface area contributed by atoms with E-state index in [0.717, 1.165) is 0 Å². The summed E-state index contributed by atoms with van der Waals surface area (Å²) in [6.07, 6.45) is 22.2. The highest BCUT2D eigenvalue weighted by molar-refractivity contribution is 5.13. The predicted octanol–water partition coefficient (Wildman–Crippen LogP) is 7.21. The molecule has 0 radical (unpaired) electrons. The van der Waals surface area contributed by atoms with Gasteiger partial charge in [-0.15, -0.1) is 0 Å². The standard InChI is InChI=1S/C19H36/c1-4-6-8-10-11-12-14-16-18-19(3)17-15-13-9-7-5-2/h15,17H,3-14,16,18H2,1-2H3. The molecular weight excluding hydrogens is 228 g/mol. The Kier molecular flexibility index (Phi) is 15.1. The Morgan fingerprint density at radius 3 is 1.89 bits per heavy atom. The van der Waals surface area contributed by atoms with Gasteiger partial charge >= 0.3 is 0 Å². The van der Waals surface area contributed by atoms with Crippen LogP contribution in [0.2, 0.25) is 0 Å². The summed E-state index contributed by atoms with van der Waals surface area (Å²) >= 11 is 0. The fraction of sp³-hybridized carbons (Fsp3) is 0.789. The zero-order chi connectivity index (χ0) is 14.2. The third-order valence-electron chi connectivity index (χ3n) is 3.68. The summed E-state index contributed by atoms with van der Waals surface area (Å²) in [5.74, 6) is 0. The van der Waals surface area contributed by atoms with Crippen molar-refractivity contribution in [2.24, 2.45) is 0 Å². The van der Waals surface area contributed by atoms with E-state index in [0.29, 0.717) is 0 Å². The third kappa shape index (κ3) is 15.4. The van der Waals surface area contributed by atoms with E-state index in [9.17, 15) is 0 Å². The lowest BCUT2D eigenvalue weighted by Crippen LogP contribution is -1.82. The molecule has 0 heterocycles. The van der Waals surface area contributed by atoms with E-state index < -0.39 is 0 Å². The normalized spacial score (nSPS) is 11.3. The molecule has 19 heavy (non-hydrogen) atoms. The molecule has 0 aromatic carbocycles. The molecule has 0 nitrogen and oxygen atoms in total. The molecule has 112 valence electrons. The lowest BCUT2D eigenvalue weighted by Gasteiger charge is -2.02. The number of hydrogen-bond acceptors (Lipinski definition) is 0. The van der Waals surface area contributed by atoms with Gasteiger partial charge in [0.15, 0.2) is 0 Å². The van der Waals surface area contributed by atoms with Crippen LogP contribution in [-0.4, -0.2) is 0 Å². The Morgan fingerprint density at radius 2 is 1.26 bits per heavy atom. The number of unbranched alkanes of at least 4 members (excludes halogenated alkanes) is 10. The van der Waals surface area contributed by atoms with Gasteiger partial charge in [0.25, 0.3) is 0 Å². The van der Waals surface area contributed by atoms with Crippen LogP contribution in [0.5, 0.6) is 0 Å². The Morgan fingerprint density at radius 1 is 0.737 bits per heavy atom. The highest BCUT2D eigenvalue weighted by Crippen LogP contribution is 2.13. The fourth-order valence-electron chi connectivity index (χ4n) is 2.33. The Hall–Kier alpha value is -0.520. The van der Waals surface area contributed by atoms with Crippen molar-refractivity contribution in [3.8, 4) is 0 Å². The summed E-state index contributed by atoms with van der Waals surface area (Å²) in [6, 6.07) is 0. The molecule has 0 aliphatic carbocycles. The largest absolute Gasteiger partial charge is 0.0958 e. The van der Waals surface area contributed by atoms with Gasteiger partial charge < -0.3 is 0 Å². The molecule has 0 spiro atoms. The molecule has 0 aromatic rings. The van der Waals surface area contributed by atoms with Gasteiger partial charge in [-0.05, 0) is 25.7 Å². The van der Waals surface area contributed by atoms with Crippen LogP contribution in [0, 0.1) is 0 Å². The maximum absolute atomic E-state index is 4.14. The van der Waals surface area contributed by atoms with E-state index in [1.807, 2.05) is 0 Å². The van der Waals surface area contributed by atoms with Crippen molar-refractivity contribution < 1.29 is 0 Å². The van der Waals surface area contributed by atoms with Crippen LogP contribution in [0.25, 0.3) is 0 Å². The van der Waals surface area contributed by atoms with Crippen molar-refractivity contribution in [3.05, 3.63) is 24.3 Å². The van der Waals surface area contributed by atoms with Crippen molar-refractivity contribution in [1.82, 2.24) is 0 Å². The molecule has 0 rings (SSSR count). The molecule has 0 heteroatoms. The van der Waals surface area contributed by atoms with Crippen LogP contribution in [0.1, 0.15) is 97.3 Å². The van der Waals surface area contributed by atoms with Crippen molar-refractivity contribution in [2.45, 2.75) is 97.3 Å². The molecule has 0 N–H and O–H groups in total. The topological polar surface area (TPSA) is 0 Å². The van der Waals surface area contributed by atoms with Gasteiger partial charge in [0.2, 0.25) is 0 Å². The molecule has 0 aliphatic rings. The van der Waals surface area contributed by atoms with Crippen molar-refractivity contribution in [2.75, 3.05) is 0 Å². The van der Waals surface area contributed by atoms with Gasteiger partial charge in [-0.3, -0.25) is 0 Å². The van der Waals surface area contributed by atoms with Gasteiger partial charge in [-0.2, -0.15) is 0 Å². The second-order valence-corrected chi connectivity index (χ2v) is 5.78. The lowest BCUT2D eigenvalue weighted by molar-refractivity contribution is 0.576. The van der Waals surface area contributed by atoms with E-state index in [1.165, 1.54) is 89.0 Å². The van der Waals surface area contributed by atoms with Crippen molar-refractivity contribution in [1.29, 1.82) is 0 Å². The van der Waals surface area contributed by atoms with E-state index >= 15 is 0 Å². The molecule has 0 atom stereocenters. The third-order valence-corrected chi connectivity index (χ3v) is 3.68. The van der Waals surface area contributed by atoms with Gasteiger partial charge in [0.1, 0.15) is 0 Å². The Labute approximate surface area is 122 Å². The second kappa shape index (κ2) is 15.5. The summed E-state index contributed by atoms with van der Waals surface area (Å²) in [7, 11) is 0. The van der Waals surface area contributed by atoms with E-state index in [2.05, 4.69) is 32.6 Å². The summed E-state index contributed by atoms with van der Waals surface area (Å²) < 4.78 is 0. The number of allylic oxidation sites excluding steroid dienone is 3. The minimum Gasteiger partial charge on any atom is -0.0958 e. The molecule has 0 saturated carbocycles. The summed E-state index contributed by atoms with van der Waals surface area (Å²) in [4.78, 5) is 0. The van der Waals surface area contributed by atoms with Gasteiger partial charge in [-0.25, -0.2) is 0 Å². The quantitative estimate of drug-likeness (QED) is 0.230. The zero-order valence-corrected chi connectivity index (χ0v) is 13.6. The first-order chi connectivity index (χ1) is 9.31. The number of rotatable bonds is 14. The maximum atomic E-state index is 4.14. The first-order valence-corrected chi connectivity index (χ1v) is 8.65. The average molecular weight is 264 g/mol. The summed E-state index contributed by atoms with van der Waals surface area (Å²) in [6.45, 7) is 8.68. The zero-order valence-electron chi connectivity index (χ0n) is 13.6. The van der Waals surface area contributed by atoms with Crippen LogP contribution < -0.4 is 0 Å². The first kappa shape index (κ1) is 18.5. The predicted molar refractivity (Wildman–Crippen MR) is 89.6 cm³/mol. The van der Waals surface area contributed by atoms with Crippen LogP contribution >= 0.6 is 0 Å². The number of hydrogen-bond donors (Lipinski definition) is 0. The summed E-state index contributed by atoms with van der Waals surface area (Å²) in [5, 5.41) is 0. The highest BCUT2D eigenvalue weighted by atomic mass is 14.0. The molecule has 0 aliphatic heterocycles. The van der Waals surface area contributed by atoms with E-state index in [1.54, 1.807) is 0 Å². The maximum Gasteiger partial charge on any atom is -0.0285 e. The molecule has 0 aromatic heterocycles. The minimum atomic E-state index is 1.19. The van der Waals surface area contributed by atoms with Crippen molar-refractivity contribution >= 4 is 0 Å². The molecular formula is C19H36. The van der Waals surface area contributed by atoms with Crippen LogP contribution in [0.4, 0.5) is 0 Å². The smallest absolute Gasteiger partial charge is 0.0285 e. The van der Waals surface area contributed by atoms with Gasteiger partial charge in [-0.1, -0.05) is 95.9 Å². The Balaban J connectivity index is 3.24. The second-order valence-electron chi connectivity index (χ2n) is 5.78. The first-order valence-electron chi connectivity index (χ1n) is 8.65. The SMILES string of the molecule is C=C(C=CCCCCC)CCCCCCCCCC. The van der Waals surface area contributed by atoms with Crippen LogP contribution in [0.15, 0.2) is 24.3 Å². The van der Waals surface area contributed by atoms with Crippen LogP contribution in [-0.2, 0) is 0 Å².